The summed E-state index contributed by atoms with van der Waals surface area (Å²) in [5.41, 5.74) is 0.182. The molecule has 1 saturated heterocycles. The highest BCUT2D eigenvalue weighted by Gasteiger charge is 2.26. The highest BCUT2D eigenvalue weighted by Crippen LogP contribution is 2.31. The molecule has 1 aromatic heterocycles. The first-order valence-corrected chi connectivity index (χ1v) is 7.71. The van der Waals surface area contributed by atoms with Gasteiger partial charge in [0.1, 0.15) is 5.82 Å². The van der Waals surface area contributed by atoms with Crippen molar-refractivity contribution in [1.82, 2.24) is 4.90 Å². The van der Waals surface area contributed by atoms with Crippen LogP contribution in [0, 0.1) is 5.82 Å². The normalized spacial score (nSPS) is 16.4. The second kappa shape index (κ2) is 5.75. The Kier molecular flexibility index (Phi) is 3.83. The van der Waals surface area contributed by atoms with Crippen LogP contribution >= 0.6 is 11.3 Å². The number of benzene rings is 1. The Morgan fingerprint density at radius 2 is 1.90 bits per heavy atom. The number of rotatable bonds is 2. The first-order chi connectivity index (χ1) is 9.75. The molecule has 0 bridgehead atoms. The standard InChI is InChI=1S/C16H16FNOS/c17-14-5-2-1-4-13(14)16(19)18-9-7-12(8-10-18)15-6-3-11-20-15/h1-6,11-12H,7-10H2. The highest BCUT2D eigenvalue weighted by atomic mass is 32.1. The summed E-state index contributed by atoms with van der Waals surface area (Å²) in [6, 6.07) is 10.4. The third kappa shape index (κ3) is 2.61. The van der Waals surface area contributed by atoms with Gasteiger partial charge in [0.05, 0.1) is 5.56 Å². The number of halogens is 1. The predicted octanol–water partition coefficient (Wildman–Crippen LogP) is 3.91. The lowest BCUT2D eigenvalue weighted by atomic mass is 9.95. The minimum absolute atomic E-state index is 0.182. The summed E-state index contributed by atoms with van der Waals surface area (Å²) in [4.78, 5) is 15.5. The van der Waals surface area contributed by atoms with E-state index >= 15 is 0 Å². The summed E-state index contributed by atoms with van der Waals surface area (Å²) in [6.45, 7) is 1.41. The SMILES string of the molecule is O=C(c1ccccc1F)N1CCC(c2cccs2)CC1. The van der Waals surface area contributed by atoms with Crippen molar-refractivity contribution in [2.24, 2.45) is 0 Å². The topological polar surface area (TPSA) is 20.3 Å². The quantitative estimate of drug-likeness (QED) is 0.821. The van der Waals surface area contributed by atoms with Crippen LogP contribution in [0.5, 0.6) is 0 Å². The summed E-state index contributed by atoms with van der Waals surface area (Å²) in [6.07, 6.45) is 1.92. The van der Waals surface area contributed by atoms with Crippen LogP contribution in [-0.2, 0) is 0 Å². The van der Waals surface area contributed by atoms with E-state index in [0.29, 0.717) is 19.0 Å². The molecule has 1 aromatic carbocycles. The van der Waals surface area contributed by atoms with Crippen molar-refractivity contribution in [3.8, 4) is 0 Å². The Morgan fingerprint density at radius 3 is 2.55 bits per heavy atom. The summed E-state index contributed by atoms with van der Waals surface area (Å²) >= 11 is 1.77. The molecule has 1 amide bonds. The third-order valence-electron chi connectivity index (χ3n) is 3.83. The molecule has 0 atom stereocenters. The molecule has 0 unspecified atom stereocenters. The van der Waals surface area contributed by atoms with Crippen molar-refractivity contribution in [3.63, 3.8) is 0 Å². The van der Waals surface area contributed by atoms with Gasteiger partial charge in [-0.25, -0.2) is 4.39 Å². The number of carbonyl (C=O) groups is 1. The van der Waals surface area contributed by atoms with Crippen molar-refractivity contribution in [2.75, 3.05) is 13.1 Å². The lowest BCUT2D eigenvalue weighted by Crippen LogP contribution is -2.38. The first-order valence-electron chi connectivity index (χ1n) is 6.83. The van der Waals surface area contributed by atoms with Crippen LogP contribution in [-0.4, -0.2) is 23.9 Å². The number of nitrogens with zero attached hydrogens (tertiary/aromatic N) is 1. The van der Waals surface area contributed by atoms with E-state index in [-0.39, 0.29) is 11.5 Å². The van der Waals surface area contributed by atoms with Gasteiger partial charge in [-0.1, -0.05) is 18.2 Å². The van der Waals surface area contributed by atoms with Crippen LogP contribution < -0.4 is 0 Å². The van der Waals surface area contributed by atoms with E-state index in [1.165, 1.54) is 10.9 Å². The minimum Gasteiger partial charge on any atom is -0.339 e. The maximum Gasteiger partial charge on any atom is 0.256 e. The van der Waals surface area contributed by atoms with Gasteiger partial charge in [-0.05, 0) is 42.3 Å². The molecule has 3 rings (SSSR count). The zero-order valence-corrected chi connectivity index (χ0v) is 11.9. The number of amides is 1. The molecule has 4 heteroatoms. The monoisotopic (exact) mass is 289 g/mol. The van der Waals surface area contributed by atoms with E-state index in [2.05, 4.69) is 17.5 Å². The van der Waals surface area contributed by atoms with Crippen LogP contribution in [0.1, 0.15) is 34.0 Å². The number of thiophene rings is 1. The predicted molar refractivity (Wildman–Crippen MR) is 78.6 cm³/mol. The molecule has 0 spiro atoms. The van der Waals surface area contributed by atoms with Crippen LogP contribution in [0.4, 0.5) is 4.39 Å². The second-order valence-corrected chi connectivity index (χ2v) is 6.04. The molecule has 20 heavy (non-hydrogen) atoms. The Bertz CT molecular complexity index is 588. The number of piperidine rings is 1. The van der Waals surface area contributed by atoms with Crippen molar-refractivity contribution < 1.29 is 9.18 Å². The molecule has 0 radical (unpaired) electrons. The summed E-state index contributed by atoms with van der Waals surface area (Å²) in [5.74, 6) is -0.0784. The van der Waals surface area contributed by atoms with Crippen molar-refractivity contribution in [1.29, 1.82) is 0 Å². The van der Waals surface area contributed by atoms with Gasteiger partial charge >= 0.3 is 0 Å². The molecule has 1 aliphatic heterocycles. The summed E-state index contributed by atoms with van der Waals surface area (Å²) in [7, 11) is 0. The van der Waals surface area contributed by atoms with Crippen molar-refractivity contribution >= 4 is 17.2 Å². The maximum atomic E-state index is 13.6. The summed E-state index contributed by atoms with van der Waals surface area (Å²) in [5, 5.41) is 2.09. The molecule has 1 fully saturated rings. The maximum absolute atomic E-state index is 13.6. The van der Waals surface area contributed by atoms with Crippen LogP contribution in [0.15, 0.2) is 41.8 Å². The zero-order chi connectivity index (χ0) is 13.9. The molecule has 104 valence electrons. The van der Waals surface area contributed by atoms with Crippen LogP contribution in [0.2, 0.25) is 0 Å². The molecular weight excluding hydrogens is 273 g/mol. The number of hydrogen-bond donors (Lipinski definition) is 0. The van der Waals surface area contributed by atoms with E-state index in [4.69, 9.17) is 0 Å². The van der Waals surface area contributed by atoms with Gasteiger partial charge in [-0.2, -0.15) is 0 Å². The molecular formula is C16H16FNOS. The fraction of sp³-hybridized carbons (Fsp3) is 0.312. The van der Waals surface area contributed by atoms with E-state index in [1.54, 1.807) is 34.4 Å². The van der Waals surface area contributed by atoms with Gasteiger partial charge in [0.2, 0.25) is 0 Å². The molecule has 0 N–H and O–H groups in total. The lowest BCUT2D eigenvalue weighted by molar-refractivity contribution is 0.0709. The number of likely N-dealkylation sites (tertiary alicyclic amines) is 1. The van der Waals surface area contributed by atoms with E-state index in [0.717, 1.165) is 12.8 Å². The van der Waals surface area contributed by atoms with Crippen LogP contribution in [0.3, 0.4) is 0 Å². The van der Waals surface area contributed by atoms with E-state index in [9.17, 15) is 9.18 Å². The average molecular weight is 289 g/mol. The van der Waals surface area contributed by atoms with Gasteiger partial charge in [-0.15, -0.1) is 11.3 Å². The highest BCUT2D eigenvalue weighted by molar-refractivity contribution is 7.10. The summed E-state index contributed by atoms with van der Waals surface area (Å²) < 4.78 is 13.6. The number of carbonyl (C=O) groups excluding carboxylic acids is 1. The van der Waals surface area contributed by atoms with Gasteiger partial charge in [-0.3, -0.25) is 4.79 Å². The Morgan fingerprint density at radius 1 is 1.15 bits per heavy atom. The van der Waals surface area contributed by atoms with Crippen LogP contribution in [0.25, 0.3) is 0 Å². The largest absolute Gasteiger partial charge is 0.339 e. The fourth-order valence-corrected chi connectivity index (χ4v) is 3.60. The lowest BCUT2D eigenvalue weighted by Gasteiger charge is -2.31. The Labute approximate surface area is 121 Å². The van der Waals surface area contributed by atoms with Gasteiger partial charge < -0.3 is 4.90 Å². The average Bonchev–Trinajstić information content (AvgIpc) is 3.01. The van der Waals surface area contributed by atoms with Gasteiger partial charge in [0, 0.05) is 18.0 Å². The smallest absolute Gasteiger partial charge is 0.256 e. The minimum atomic E-state index is -0.433. The van der Waals surface area contributed by atoms with Gasteiger partial charge in [0.25, 0.3) is 5.91 Å². The van der Waals surface area contributed by atoms with Crippen molar-refractivity contribution in [3.05, 3.63) is 58.0 Å². The Hall–Kier alpha value is -1.68. The first kappa shape index (κ1) is 13.3. The zero-order valence-electron chi connectivity index (χ0n) is 11.1. The van der Waals surface area contributed by atoms with E-state index in [1.807, 2.05) is 0 Å². The third-order valence-corrected chi connectivity index (χ3v) is 4.87. The van der Waals surface area contributed by atoms with Gasteiger partial charge in [0.15, 0.2) is 0 Å². The Balaban J connectivity index is 1.66. The molecule has 2 heterocycles. The van der Waals surface area contributed by atoms with Crippen molar-refractivity contribution in [2.45, 2.75) is 18.8 Å². The molecule has 0 aliphatic carbocycles. The molecule has 1 aliphatic rings. The fourth-order valence-electron chi connectivity index (χ4n) is 2.70. The molecule has 0 saturated carbocycles. The van der Waals surface area contributed by atoms with E-state index < -0.39 is 5.82 Å². The number of hydrogen-bond acceptors (Lipinski definition) is 2. The molecule has 2 aromatic rings. The second-order valence-electron chi connectivity index (χ2n) is 5.06. The molecule has 2 nitrogen and oxygen atoms in total.